The predicted octanol–water partition coefficient (Wildman–Crippen LogP) is 2.34. The fourth-order valence-electron chi connectivity index (χ4n) is 3.62. The summed E-state index contributed by atoms with van der Waals surface area (Å²) < 4.78 is 0. The van der Waals surface area contributed by atoms with Gasteiger partial charge in [0.25, 0.3) is 0 Å². The molecule has 1 aromatic rings. The van der Waals surface area contributed by atoms with E-state index in [2.05, 4.69) is 18.2 Å². The summed E-state index contributed by atoms with van der Waals surface area (Å²) in [6.45, 7) is 1.77. The van der Waals surface area contributed by atoms with Crippen LogP contribution >= 0.6 is 0 Å². The Kier molecular flexibility index (Phi) is 4.59. The molecule has 0 bridgehead atoms. The van der Waals surface area contributed by atoms with E-state index in [4.69, 9.17) is 0 Å². The zero-order chi connectivity index (χ0) is 14.7. The molecule has 2 aliphatic rings. The summed E-state index contributed by atoms with van der Waals surface area (Å²) in [7, 11) is 0. The maximum Gasteiger partial charge on any atom is 0.227 e. The monoisotopic (exact) mass is 287 g/mol. The first-order valence-electron chi connectivity index (χ1n) is 8.25. The van der Waals surface area contributed by atoms with Gasteiger partial charge in [-0.05, 0) is 61.1 Å². The largest absolute Gasteiger partial charge is 0.396 e. The van der Waals surface area contributed by atoms with E-state index in [0.29, 0.717) is 6.42 Å². The molecule has 1 aromatic carbocycles. The van der Waals surface area contributed by atoms with Gasteiger partial charge in [0, 0.05) is 19.7 Å². The molecule has 1 fully saturated rings. The molecule has 1 saturated heterocycles. The number of aliphatic hydroxyl groups excluding tert-OH is 1. The number of benzene rings is 1. The summed E-state index contributed by atoms with van der Waals surface area (Å²) in [4.78, 5) is 14.4. The smallest absolute Gasteiger partial charge is 0.227 e. The number of hydrogen-bond donors (Lipinski definition) is 1. The summed E-state index contributed by atoms with van der Waals surface area (Å²) in [5.74, 6) is 0.482. The Balaban J connectivity index is 1.64. The number of piperidine rings is 1. The van der Waals surface area contributed by atoms with Crippen molar-refractivity contribution in [3.8, 4) is 0 Å². The Morgan fingerprint density at radius 1 is 1.19 bits per heavy atom. The van der Waals surface area contributed by atoms with Gasteiger partial charge in [0.15, 0.2) is 0 Å². The highest BCUT2D eigenvalue weighted by Gasteiger charge is 2.23. The van der Waals surface area contributed by atoms with Gasteiger partial charge in [0.2, 0.25) is 5.91 Å². The fraction of sp³-hybridized carbons (Fsp3) is 0.611. The Labute approximate surface area is 127 Å². The van der Waals surface area contributed by atoms with Gasteiger partial charge in [-0.3, -0.25) is 4.79 Å². The maximum absolute atomic E-state index is 12.4. The number of aliphatic hydroxyl groups is 1. The van der Waals surface area contributed by atoms with Crippen LogP contribution in [0.2, 0.25) is 0 Å². The number of carbonyl (C=O) groups excluding carboxylic acids is 1. The molecule has 3 rings (SSSR count). The van der Waals surface area contributed by atoms with Crippen LogP contribution in [-0.4, -0.2) is 35.6 Å². The van der Waals surface area contributed by atoms with Crippen LogP contribution in [0.1, 0.15) is 42.4 Å². The van der Waals surface area contributed by atoms with Crippen molar-refractivity contribution in [3.05, 3.63) is 34.9 Å². The van der Waals surface area contributed by atoms with Crippen LogP contribution in [0.4, 0.5) is 0 Å². The summed E-state index contributed by atoms with van der Waals surface area (Å²) >= 11 is 0. The minimum Gasteiger partial charge on any atom is -0.396 e. The first-order valence-corrected chi connectivity index (χ1v) is 8.25. The van der Waals surface area contributed by atoms with E-state index in [0.717, 1.165) is 37.9 Å². The predicted molar refractivity (Wildman–Crippen MR) is 83.2 cm³/mol. The minimum absolute atomic E-state index is 0.197. The third-order valence-corrected chi connectivity index (χ3v) is 4.90. The lowest BCUT2D eigenvalue weighted by atomic mass is 9.90. The summed E-state index contributed by atoms with van der Waals surface area (Å²) in [6, 6.07) is 6.57. The molecule has 1 atom stereocenters. The topological polar surface area (TPSA) is 40.5 Å². The molecular formula is C18H25NO2. The molecule has 0 saturated carbocycles. The van der Waals surface area contributed by atoms with E-state index in [-0.39, 0.29) is 18.4 Å². The van der Waals surface area contributed by atoms with Crippen LogP contribution in [0, 0.1) is 5.92 Å². The molecule has 1 unspecified atom stereocenters. The molecule has 0 radical (unpaired) electrons. The van der Waals surface area contributed by atoms with Crippen molar-refractivity contribution in [2.75, 3.05) is 19.7 Å². The summed E-state index contributed by atoms with van der Waals surface area (Å²) in [5, 5.41) is 9.27. The van der Waals surface area contributed by atoms with Crippen LogP contribution in [0.5, 0.6) is 0 Å². The number of carbonyl (C=O) groups is 1. The molecule has 1 aliphatic heterocycles. The fourth-order valence-corrected chi connectivity index (χ4v) is 3.62. The van der Waals surface area contributed by atoms with Crippen molar-refractivity contribution in [1.82, 2.24) is 4.90 Å². The Hall–Kier alpha value is -1.35. The average Bonchev–Trinajstić information content (AvgIpc) is 2.54. The maximum atomic E-state index is 12.4. The molecule has 3 heteroatoms. The summed E-state index contributed by atoms with van der Waals surface area (Å²) in [5.41, 5.74) is 4.06. The van der Waals surface area contributed by atoms with E-state index in [9.17, 15) is 9.90 Å². The highest BCUT2D eigenvalue weighted by atomic mass is 16.3. The molecule has 114 valence electrons. The number of hydrogen-bond acceptors (Lipinski definition) is 2. The summed E-state index contributed by atoms with van der Waals surface area (Å²) in [6.07, 6.45) is 7.48. The number of fused-ring (bicyclic) bond motifs is 1. The van der Waals surface area contributed by atoms with E-state index in [1.807, 2.05) is 4.90 Å². The number of likely N-dealkylation sites (tertiary alicyclic amines) is 1. The van der Waals surface area contributed by atoms with E-state index < -0.39 is 0 Å². The number of amides is 1. The van der Waals surface area contributed by atoms with Gasteiger partial charge in [-0.2, -0.15) is 0 Å². The molecule has 0 aromatic heterocycles. The molecular weight excluding hydrogens is 262 g/mol. The average molecular weight is 287 g/mol. The number of rotatable bonds is 3. The first kappa shape index (κ1) is 14.6. The van der Waals surface area contributed by atoms with Crippen molar-refractivity contribution in [1.29, 1.82) is 0 Å². The van der Waals surface area contributed by atoms with Crippen molar-refractivity contribution in [2.24, 2.45) is 5.92 Å². The number of aryl methyl sites for hydroxylation is 2. The second-order valence-electron chi connectivity index (χ2n) is 6.52. The van der Waals surface area contributed by atoms with Crippen molar-refractivity contribution in [3.63, 3.8) is 0 Å². The second kappa shape index (κ2) is 6.61. The molecule has 21 heavy (non-hydrogen) atoms. The van der Waals surface area contributed by atoms with Gasteiger partial charge in [-0.25, -0.2) is 0 Å². The van der Waals surface area contributed by atoms with Gasteiger partial charge in [-0.15, -0.1) is 0 Å². The molecule has 0 spiro atoms. The quantitative estimate of drug-likeness (QED) is 0.927. The van der Waals surface area contributed by atoms with Crippen LogP contribution in [0.25, 0.3) is 0 Å². The van der Waals surface area contributed by atoms with Gasteiger partial charge in [0.1, 0.15) is 0 Å². The van der Waals surface area contributed by atoms with Gasteiger partial charge in [0.05, 0.1) is 6.42 Å². The van der Waals surface area contributed by atoms with Crippen LogP contribution in [0.3, 0.4) is 0 Å². The zero-order valence-electron chi connectivity index (χ0n) is 12.7. The van der Waals surface area contributed by atoms with Crippen molar-refractivity contribution >= 4 is 5.91 Å². The lowest BCUT2D eigenvalue weighted by Crippen LogP contribution is -2.41. The van der Waals surface area contributed by atoms with E-state index >= 15 is 0 Å². The molecule has 1 N–H and O–H groups in total. The van der Waals surface area contributed by atoms with E-state index in [1.54, 1.807) is 0 Å². The van der Waals surface area contributed by atoms with Gasteiger partial charge in [-0.1, -0.05) is 18.2 Å². The standard InChI is InChI=1S/C18H25NO2/c20-13-15-4-3-9-19(12-15)18(21)11-14-7-8-16-5-1-2-6-17(16)10-14/h7-8,10,15,20H,1-6,9,11-13H2. The van der Waals surface area contributed by atoms with Gasteiger partial charge < -0.3 is 10.0 Å². The third kappa shape index (κ3) is 3.46. The molecule has 1 aliphatic carbocycles. The van der Waals surface area contributed by atoms with Crippen LogP contribution in [0.15, 0.2) is 18.2 Å². The Morgan fingerprint density at radius 2 is 2.00 bits per heavy atom. The highest BCUT2D eigenvalue weighted by molar-refractivity contribution is 5.79. The van der Waals surface area contributed by atoms with Crippen LogP contribution < -0.4 is 0 Å². The molecule has 3 nitrogen and oxygen atoms in total. The third-order valence-electron chi connectivity index (χ3n) is 4.90. The lowest BCUT2D eigenvalue weighted by Gasteiger charge is -2.32. The second-order valence-corrected chi connectivity index (χ2v) is 6.52. The normalized spacial score (nSPS) is 22.0. The Bertz CT molecular complexity index is 512. The molecule has 1 amide bonds. The van der Waals surface area contributed by atoms with Crippen LogP contribution in [-0.2, 0) is 24.1 Å². The van der Waals surface area contributed by atoms with Crippen molar-refractivity contribution in [2.45, 2.75) is 44.9 Å². The highest BCUT2D eigenvalue weighted by Crippen LogP contribution is 2.23. The molecule has 1 heterocycles. The first-order chi connectivity index (χ1) is 10.3. The van der Waals surface area contributed by atoms with Gasteiger partial charge >= 0.3 is 0 Å². The SMILES string of the molecule is O=C(Cc1ccc2c(c1)CCCC2)N1CCCC(CO)C1. The zero-order valence-corrected chi connectivity index (χ0v) is 12.7. The van der Waals surface area contributed by atoms with E-state index in [1.165, 1.54) is 30.4 Å². The minimum atomic E-state index is 0.197. The van der Waals surface area contributed by atoms with Crippen molar-refractivity contribution < 1.29 is 9.90 Å². The lowest BCUT2D eigenvalue weighted by molar-refractivity contribution is -0.132. The Morgan fingerprint density at radius 3 is 2.81 bits per heavy atom. The number of nitrogens with zero attached hydrogens (tertiary/aromatic N) is 1.